The van der Waals surface area contributed by atoms with Crippen LogP contribution in [0.15, 0.2) is 0 Å². The van der Waals surface area contributed by atoms with Crippen LogP contribution in [0.4, 0.5) is 0 Å². The van der Waals surface area contributed by atoms with Gasteiger partial charge in [0.25, 0.3) is 0 Å². The van der Waals surface area contributed by atoms with E-state index in [1.165, 1.54) is 193 Å². The minimum Gasteiger partial charge on any atom is -0.462 e. The molecule has 0 rings (SSSR count). The van der Waals surface area contributed by atoms with Crippen molar-refractivity contribution < 1.29 is 28.6 Å². The number of carbonyl (C=O) groups is 3. The summed E-state index contributed by atoms with van der Waals surface area (Å²) >= 11 is 0. The van der Waals surface area contributed by atoms with Crippen molar-refractivity contribution in [2.45, 2.75) is 317 Å². The first-order valence-corrected chi connectivity index (χ1v) is 28.1. The van der Waals surface area contributed by atoms with Gasteiger partial charge in [0.05, 0.1) is 0 Å². The third kappa shape index (κ3) is 51.3. The van der Waals surface area contributed by atoms with Gasteiger partial charge in [-0.3, -0.25) is 14.4 Å². The Morgan fingerprint density at radius 1 is 0.270 bits per heavy atom. The Labute approximate surface area is 393 Å². The summed E-state index contributed by atoms with van der Waals surface area (Å²) in [6, 6.07) is 0. The molecule has 0 fully saturated rings. The van der Waals surface area contributed by atoms with E-state index in [9.17, 15) is 14.4 Å². The number of hydrogen-bond donors (Lipinski definition) is 0. The number of hydrogen-bond acceptors (Lipinski definition) is 6. The molecule has 0 bridgehead atoms. The third-order valence-corrected chi connectivity index (χ3v) is 12.9. The van der Waals surface area contributed by atoms with Crippen LogP contribution in [0.25, 0.3) is 0 Å². The van der Waals surface area contributed by atoms with Gasteiger partial charge in [-0.25, -0.2) is 0 Å². The van der Waals surface area contributed by atoms with Crippen molar-refractivity contribution in [3.63, 3.8) is 0 Å². The van der Waals surface area contributed by atoms with Crippen LogP contribution in [0, 0.1) is 17.8 Å². The maximum absolute atomic E-state index is 12.8. The predicted octanol–water partition coefficient (Wildman–Crippen LogP) is 18.3. The van der Waals surface area contributed by atoms with Gasteiger partial charge in [0, 0.05) is 19.3 Å². The molecular formula is C57H110O6. The lowest BCUT2D eigenvalue weighted by atomic mass is 10.0. The Balaban J connectivity index is 4.30. The number of unbranched alkanes of at least 4 members (excludes halogenated alkanes) is 33. The summed E-state index contributed by atoms with van der Waals surface area (Å²) in [6.07, 6.45) is 49.5. The standard InChI is InChI=1S/C57H110O6/c1-51(2)43-37-31-25-19-13-9-7-8-10-15-22-28-34-40-46-55(58)61-49-54(63-57(60)48-42-36-30-24-18-17-21-27-33-39-45-53(5)6)50-62-56(59)47-41-35-29-23-16-12-11-14-20-26-32-38-44-52(3)4/h51-54H,7-50H2,1-6H3/t54-/m0/s1. The highest BCUT2D eigenvalue weighted by Gasteiger charge is 2.19. The summed E-state index contributed by atoms with van der Waals surface area (Å²) in [5.41, 5.74) is 0. The average Bonchev–Trinajstić information content (AvgIpc) is 3.24. The van der Waals surface area contributed by atoms with Crippen molar-refractivity contribution >= 4 is 17.9 Å². The number of carbonyl (C=O) groups excluding carboxylic acids is 3. The molecule has 0 N–H and O–H groups in total. The quantitative estimate of drug-likeness (QED) is 0.0344. The molecule has 1 atom stereocenters. The van der Waals surface area contributed by atoms with Crippen molar-refractivity contribution in [2.24, 2.45) is 17.8 Å². The van der Waals surface area contributed by atoms with Gasteiger partial charge >= 0.3 is 17.9 Å². The number of rotatable bonds is 50. The lowest BCUT2D eigenvalue weighted by Crippen LogP contribution is -2.30. The number of ether oxygens (including phenoxy) is 3. The molecule has 0 aromatic rings. The first-order chi connectivity index (χ1) is 30.6. The fourth-order valence-electron chi connectivity index (χ4n) is 8.65. The van der Waals surface area contributed by atoms with Crippen molar-refractivity contribution in [3.05, 3.63) is 0 Å². The van der Waals surface area contributed by atoms with E-state index < -0.39 is 6.10 Å². The summed E-state index contributed by atoms with van der Waals surface area (Å²) < 4.78 is 16.9. The smallest absolute Gasteiger partial charge is 0.306 e. The lowest BCUT2D eigenvalue weighted by molar-refractivity contribution is -0.167. The minimum atomic E-state index is -0.763. The lowest BCUT2D eigenvalue weighted by Gasteiger charge is -2.18. The molecule has 0 radical (unpaired) electrons. The second-order valence-electron chi connectivity index (χ2n) is 21.0. The second kappa shape index (κ2) is 48.3. The van der Waals surface area contributed by atoms with Crippen molar-refractivity contribution in [2.75, 3.05) is 13.2 Å². The molecular weight excluding hydrogens is 781 g/mol. The minimum absolute atomic E-state index is 0.0639. The fourth-order valence-corrected chi connectivity index (χ4v) is 8.65. The highest BCUT2D eigenvalue weighted by Crippen LogP contribution is 2.18. The fraction of sp³-hybridized carbons (Fsp3) is 0.947. The Kier molecular flexibility index (Phi) is 47.1. The molecule has 0 saturated heterocycles. The van der Waals surface area contributed by atoms with Gasteiger partial charge in [-0.15, -0.1) is 0 Å². The zero-order chi connectivity index (χ0) is 46.3. The molecule has 374 valence electrons. The average molecular weight is 892 g/mol. The second-order valence-corrected chi connectivity index (χ2v) is 21.0. The van der Waals surface area contributed by atoms with E-state index in [2.05, 4.69) is 41.5 Å². The summed E-state index contributed by atoms with van der Waals surface area (Å²) in [6.45, 7) is 13.7. The van der Waals surface area contributed by atoms with E-state index in [1.54, 1.807) is 0 Å². The topological polar surface area (TPSA) is 78.9 Å². The van der Waals surface area contributed by atoms with E-state index in [4.69, 9.17) is 14.2 Å². The Morgan fingerprint density at radius 3 is 0.683 bits per heavy atom. The SMILES string of the molecule is CC(C)CCCCCCCCCCCCCCCCC(=O)OC[C@@H](COC(=O)CCCCCCCCCCCCCCC(C)C)OC(=O)CCCCCCCCCCCCC(C)C. The maximum atomic E-state index is 12.8. The molecule has 63 heavy (non-hydrogen) atoms. The molecule has 0 aliphatic carbocycles. The van der Waals surface area contributed by atoms with E-state index in [0.717, 1.165) is 75.5 Å². The highest BCUT2D eigenvalue weighted by molar-refractivity contribution is 5.71. The van der Waals surface area contributed by atoms with Crippen LogP contribution < -0.4 is 0 Å². The van der Waals surface area contributed by atoms with Gasteiger partial charge in [0.2, 0.25) is 0 Å². The summed E-state index contributed by atoms with van der Waals surface area (Å²) in [5.74, 6) is 1.65. The van der Waals surface area contributed by atoms with Crippen LogP contribution >= 0.6 is 0 Å². The van der Waals surface area contributed by atoms with Gasteiger partial charge in [0.15, 0.2) is 6.10 Å². The first-order valence-electron chi connectivity index (χ1n) is 28.1. The highest BCUT2D eigenvalue weighted by atomic mass is 16.6. The van der Waals surface area contributed by atoms with Crippen LogP contribution in [-0.4, -0.2) is 37.2 Å². The molecule has 0 unspecified atom stereocenters. The predicted molar refractivity (Wildman–Crippen MR) is 270 cm³/mol. The summed E-state index contributed by atoms with van der Waals surface area (Å²) in [7, 11) is 0. The van der Waals surface area contributed by atoms with Gasteiger partial charge < -0.3 is 14.2 Å². The summed E-state index contributed by atoms with van der Waals surface area (Å²) in [5, 5.41) is 0. The Morgan fingerprint density at radius 2 is 0.460 bits per heavy atom. The number of esters is 3. The molecule has 0 spiro atoms. The van der Waals surface area contributed by atoms with Gasteiger partial charge in [-0.2, -0.15) is 0 Å². The largest absolute Gasteiger partial charge is 0.462 e. The molecule has 0 saturated carbocycles. The first kappa shape index (κ1) is 61.4. The van der Waals surface area contributed by atoms with E-state index in [-0.39, 0.29) is 31.1 Å². The molecule has 0 amide bonds. The maximum Gasteiger partial charge on any atom is 0.306 e. The zero-order valence-electron chi connectivity index (χ0n) is 43.4. The van der Waals surface area contributed by atoms with E-state index >= 15 is 0 Å². The Hall–Kier alpha value is -1.59. The van der Waals surface area contributed by atoms with Crippen LogP contribution in [-0.2, 0) is 28.6 Å². The normalized spacial score (nSPS) is 12.1. The van der Waals surface area contributed by atoms with Gasteiger partial charge in [0.1, 0.15) is 13.2 Å². The zero-order valence-corrected chi connectivity index (χ0v) is 43.4. The third-order valence-electron chi connectivity index (χ3n) is 12.9. The monoisotopic (exact) mass is 891 g/mol. The van der Waals surface area contributed by atoms with Gasteiger partial charge in [-0.1, -0.05) is 273 Å². The van der Waals surface area contributed by atoms with E-state index in [0.29, 0.717) is 19.3 Å². The van der Waals surface area contributed by atoms with Gasteiger partial charge in [-0.05, 0) is 37.0 Å². The van der Waals surface area contributed by atoms with Crippen molar-refractivity contribution in [3.8, 4) is 0 Å². The van der Waals surface area contributed by atoms with Crippen LogP contribution in [0.5, 0.6) is 0 Å². The Bertz CT molecular complexity index is 976. The van der Waals surface area contributed by atoms with Crippen LogP contribution in [0.2, 0.25) is 0 Å². The molecule has 0 aliphatic rings. The van der Waals surface area contributed by atoms with Crippen LogP contribution in [0.3, 0.4) is 0 Å². The van der Waals surface area contributed by atoms with E-state index in [1.807, 2.05) is 0 Å². The summed E-state index contributed by atoms with van der Waals surface area (Å²) in [4.78, 5) is 38.1. The van der Waals surface area contributed by atoms with Crippen molar-refractivity contribution in [1.29, 1.82) is 0 Å². The van der Waals surface area contributed by atoms with Crippen molar-refractivity contribution in [1.82, 2.24) is 0 Å². The van der Waals surface area contributed by atoms with Crippen LogP contribution in [0.1, 0.15) is 311 Å². The molecule has 0 aromatic carbocycles. The molecule has 0 aromatic heterocycles. The molecule has 0 heterocycles. The molecule has 6 nitrogen and oxygen atoms in total. The molecule has 0 aliphatic heterocycles. The molecule has 6 heteroatoms.